The van der Waals surface area contributed by atoms with E-state index in [1.807, 2.05) is 6.07 Å². The van der Waals surface area contributed by atoms with Crippen LogP contribution in [0.25, 0.3) is 0 Å². The van der Waals surface area contributed by atoms with Gasteiger partial charge in [0.05, 0.1) is 6.54 Å². The Bertz CT molecular complexity index is 250. The van der Waals surface area contributed by atoms with E-state index in [9.17, 15) is 0 Å². The van der Waals surface area contributed by atoms with E-state index >= 15 is 0 Å². The van der Waals surface area contributed by atoms with E-state index in [1.165, 1.54) is 6.42 Å². The van der Waals surface area contributed by atoms with Crippen molar-refractivity contribution in [2.45, 2.75) is 19.9 Å². The normalized spacial score (nSPS) is 10.7. The summed E-state index contributed by atoms with van der Waals surface area (Å²) in [6, 6.07) is 3.64. The van der Waals surface area contributed by atoms with E-state index in [0.29, 0.717) is 5.22 Å². The first-order valence-electron chi connectivity index (χ1n) is 4.98. The van der Waals surface area contributed by atoms with Crippen LogP contribution in [0.15, 0.2) is 16.5 Å². The molecule has 1 heterocycles. The lowest BCUT2D eigenvalue weighted by Crippen LogP contribution is -2.27. The maximum atomic E-state index is 5.63. The Morgan fingerprint density at radius 3 is 2.64 bits per heavy atom. The highest BCUT2D eigenvalue weighted by Gasteiger charge is 1.97. The minimum Gasteiger partial charge on any atom is -0.448 e. The van der Waals surface area contributed by atoms with E-state index in [2.05, 4.69) is 17.6 Å². The van der Waals surface area contributed by atoms with Crippen molar-refractivity contribution in [2.75, 3.05) is 19.6 Å². The lowest BCUT2D eigenvalue weighted by Gasteiger charge is -2.03. The van der Waals surface area contributed by atoms with Crippen LogP contribution >= 0.6 is 11.6 Å². The largest absolute Gasteiger partial charge is 0.448 e. The molecule has 0 bridgehead atoms. The highest BCUT2D eigenvalue weighted by Crippen LogP contribution is 2.12. The number of hydrogen-bond donors (Lipinski definition) is 2. The second-order valence-electron chi connectivity index (χ2n) is 3.13. The van der Waals surface area contributed by atoms with Crippen molar-refractivity contribution in [1.82, 2.24) is 10.6 Å². The fourth-order valence-corrected chi connectivity index (χ4v) is 1.30. The average Bonchev–Trinajstić information content (AvgIpc) is 2.58. The number of hydrogen-bond acceptors (Lipinski definition) is 3. The lowest BCUT2D eigenvalue weighted by molar-refractivity contribution is 0.481. The molecule has 0 saturated carbocycles. The molecular formula is C10H17ClN2O. The molecule has 4 heteroatoms. The Kier molecular flexibility index (Phi) is 5.68. The van der Waals surface area contributed by atoms with E-state index in [1.54, 1.807) is 6.07 Å². The summed E-state index contributed by atoms with van der Waals surface area (Å²) in [5.74, 6) is 0.880. The zero-order valence-electron chi connectivity index (χ0n) is 8.48. The Balaban J connectivity index is 1.99. The molecule has 0 aliphatic carbocycles. The molecule has 0 atom stereocenters. The maximum Gasteiger partial charge on any atom is 0.193 e. The van der Waals surface area contributed by atoms with Gasteiger partial charge in [-0.2, -0.15) is 0 Å². The second-order valence-corrected chi connectivity index (χ2v) is 3.51. The molecule has 3 nitrogen and oxygen atoms in total. The van der Waals surface area contributed by atoms with Gasteiger partial charge < -0.3 is 15.1 Å². The minimum atomic E-state index is 0.450. The SMILES string of the molecule is CCCNCCNCc1ccc(Cl)o1. The van der Waals surface area contributed by atoms with Gasteiger partial charge in [-0.1, -0.05) is 6.92 Å². The van der Waals surface area contributed by atoms with Gasteiger partial charge in [0.25, 0.3) is 0 Å². The van der Waals surface area contributed by atoms with Crippen LogP contribution in [0.1, 0.15) is 19.1 Å². The summed E-state index contributed by atoms with van der Waals surface area (Å²) >= 11 is 5.63. The lowest BCUT2D eigenvalue weighted by atomic mass is 10.4. The molecule has 0 aromatic carbocycles. The van der Waals surface area contributed by atoms with Crippen molar-refractivity contribution in [3.63, 3.8) is 0 Å². The fourth-order valence-electron chi connectivity index (χ4n) is 1.14. The standard InChI is InChI=1S/C10H17ClN2O/c1-2-5-12-6-7-13-8-9-3-4-10(11)14-9/h3-4,12-13H,2,5-8H2,1H3. The van der Waals surface area contributed by atoms with Crippen molar-refractivity contribution in [2.24, 2.45) is 0 Å². The predicted molar refractivity (Wildman–Crippen MR) is 58.6 cm³/mol. The number of halogens is 1. The number of rotatable bonds is 7. The molecule has 0 saturated heterocycles. The van der Waals surface area contributed by atoms with Crippen LogP contribution in [0.2, 0.25) is 5.22 Å². The number of furan rings is 1. The van der Waals surface area contributed by atoms with Gasteiger partial charge in [0.2, 0.25) is 0 Å². The molecule has 0 aliphatic heterocycles. The molecule has 0 unspecified atom stereocenters. The van der Waals surface area contributed by atoms with Gasteiger partial charge in [-0.3, -0.25) is 0 Å². The van der Waals surface area contributed by atoms with Crippen LogP contribution in [0, 0.1) is 0 Å². The molecule has 0 amide bonds. The molecule has 80 valence electrons. The smallest absolute Gasteiger partial charge is 0.193 e. The molecule has 1 aromatic heterocycles. The quantitative estimate of drug-likeness (QED) is 0.685. The zero-order chi connectivity index (χ0) is 10.2. The molecule has 0 radical (unpaired) electrons. The third-order valence-electron chi connectivity index (χ3n) is 1.83. The monoisotopic (exact) mass is 216 g/mol. The molecule has 1 rings (SSSR count). The summed E-state index contributed by atoms with van der Waals surface area (Å²) in [6.07, 6.45) is 1.17. The van der Waals surface area contributed by atoms with Crippen molar-refractivity contribution in [3.05, 3.63) is 23.1 Å². The Hall–Kier alpha value is -0.510. The van der Waals surface area contributed by atoms with Crippen molar-refractivity contribution >= 4 is 11.6 Å². The predicted octanol–water partition coefficient (Wildman–Crippen LogP) is 2.02. The third kappa shape index (κ3) is 4.65. The molecular weight excluding hydrogens is 200 g/mol. The first-order valence-corrected chi connectivity index (χ1v) is 5.36. The summed E-state index contributed by atoms with van der Waals surface area (Å²) < 4.78 is 5.19. The van der Waals surface area contributed by atoms with E-state index in [-0.39, 0.29) is 0 Å². The summed E-state index contributed by atoms with van der Waals surface area (Å²) in [5, 5.41) is 7.02. The fraction of sp³-hybridized carbons (Fsp3) is 0.600. The minimum absolute atomic E-state index is 0.450. The van der Waals surface area contributed by atoms with Crippen molar-refractivity contribution in [3.8, 4) is 0 Å². The Morgan fingerprint density at radius 1 is 1.21 bits per heavy atom. The maximum absolute atomic E-state index is 5.63. The summed E-state index contributed by atoms with van der Waals surface area (Å²) in [5.41, 5.74) is 0. The summed E-state index contributed by atoms with van der Waals surface area (Å²) in [7, 11) is 0. The van der Waals surface area contributed by atoms with Crippen LogP contribution in [0.5, 0.6) is 0 Å². The molecule has 2 N–H and O–H groups in total. The second kappa shape index (κ2) is 6.87. The zero-order valence-corrected chi connectivity index (χ0v) is 9.23. The third-order valence-corrected chi connectivity index (χ3v) is 2.04. The van der Waals surface area contributed by atoms with E-state index in [0.717, 1.165) is 31.9 Å². The number of nitrogens with one attached hydrogen (secondary N) is 2. The van der Waals surface area contributed by atoms with Crippen LogP contribution in [-0.4, -0.2) is 19.6 Å². The van der Waals surface area contributed by atoms with E-state index in [4.69, 9.17) is 16.0 Å². The van der Waals surface area contributed by atoms with Gasteiger partial charge in [-0.25, -0.2) is 0 Å². The molecule has 0 fully saturated rings. The Morgan fingerprint density at radius 2 is 2.00 bits per heavy atom. The van der Waals surface area contributed by atoms with E-state index < -0.39 is 0 Å². The van der Waals surface area contributed by atoms with Gasteiger partial charge in [0.15, 0.2) is 5.22 Å². The highest BCUT2D eigenvalue weighted by molar-refractivity contribution is 6.28. The molecule has 0 spiro atoms. The van der Waals surface area contributed by atoms with Gasteiger partial charge in [0.1, 0.15) is 5.76 Å². The topological polar surface area (TPSA) is 37.2 Å². The molecule has 14 heavy (non-hydrogen) atoms. The van der Waals surface area contributed by atoms with Crippen molar-refractivity contribution < 1.29 is 4.42 Å². The van der Waals surface area contributed by atoms with Crippen LogP contribution in [0.4, 0.5) is 0 Å². The first-order chi connectivity index (χ1) is 6.83. The summed E-state index contributed by atoms with van der Waals surface area (Å²) in [4.78, 5) is 0. The Labute approximate surface area is 89.8 Å². The van der Waals surface area contributed by atoms with Crippen molar-refractivity contribution in [1.29, 1.82) is 0 Å². The van der Waals surface area contributed by atoms with Crippen LogP contribution in [0.3, 0.4) is 0 Å². The van der Waals surface area contributed by atoms with Gasteiger partial charge in [-0.15, -0.1) is 0 Å². The van der Waals surface area contributed by atoms with Gasteiger partial charge >= 0.3 is 0 Å². The molecule has 0 aliphatic rings. The summed E-state index contributed by atoms with van der Waals surface area (Å²) in [6.45, 7) is 5.90. The first kappa shape index (κ1) is 11.6. The van der Waals surface area contributed by atoms with Crippen LogP contribution < -0.4 is 10.6 Å². The van der Waals surface area contributed by atoms with Crippen LogP contribution in [-0.2, 0) is 6.54 Å². The van der Waals surface area contributed by atoms with Gasteiger partial charge in [0, 0.05) is 13.1 Å². The average molecular weight is 217 g/mol. The van der Waals surface area contributed by atoms with Gasteiger partial charge in [-0.05, 0) is 36.7 Å². The highest BCUT2D eigenvalue weighted by atomic mass is 35.5. The molecule has 1 aromatic rings.